The van der Waals surface area contributed by atoms with Gasteiger partial charge in [-0.1, -0.05) is 19.4 Å². The van der Waals surface area contributed by atoms with Gasteiger partial charge >= 0.3 is 11.9 Å². The summed E-state index contributed by atoms with van der Waals surface area (Å²) in [5.74, 6) is -0.201. The molecule has 2 heterocycles. The van der Waals surface area contributed by atoms with Gasteiger partial charge in [0.05, 0.1) is 19.1 Å². The molecule has 2 spiro atoms. The summed E-state index contributed by atoms with van der Waals surface area (Å²) < 4.78 is 17.9. The van der Waals surface area contributed by atoms with Crippen LogP contribution in [-0.4, -0.2) is 42.1 Å². The van der Waals surface area contributed by atoms with Crippen molar-refractivity contribution in [3.8, 4) is 0 Å². The van der Waals surface area contributed by atoms with E-state index in [-0.39, 0.29) is 92.9 Å². The molecule has 3 saturated carbocycles. The van der Waals surface area contributed by atoms with Crippen LogP contribution in [0.4, 0.5) is 0 Å². The third-order valence-corrected chi connectivity index (χ3v) is 10.2. The van der Waals surface area contributed by atoms with Crippen molar-refractivity contribution in [1.82, 2.24) is 0 Å². The summed E-state index contributed by atoms with van der Waals surface area (Å²) >= 11 is 0. The first kappa shape index (κ1) is 27.0. The fourth-order valence-corrected chi connectivity index (χ4v) is 8.69. The van der Waals surface area contributed by atoms with E-state index >= 15 is 0 Å². The van der Waals surface area contributed by atoms with Gasteiger partial charge in [-0.25, -0.2) is 0 Å². The van der Waals surface area contributed by atoms with E-state index in [1.54, 1.807) is 6.08 Å². The van der Waals surface area contributed by atoms with Crippen LogP contribution in [0.1, 0.15) is 65.2 Å². The monoisotopic (exact) mass is 516 g/mol. The minimum absolute atomic E-state index is 0. The van der Waals surface area contributed by atoms with E-state index < -0.39 is 11.2 Å². The van der Waals surface area contributed by atoms with Crippen LogP contribution in [0, 0.1) is 28.6 Å². The number of hydrogen-bond donors (Lipinski definition) is 0. The molecule has 8 atom stereocenters. The van der Waals surface area contributed by atoms with Gasteiger partial charge in [-0.05, 0) is 50.5 Å². The first-order valence-electron chi connectivity index (χ1n) is 11.4. The van der Waals surface area contributed by atoms with Crippen LogP contribution in [0.15, 0.2) is 11.6 Å². The lowest BCUT2D eigenvalue weighted by molar-refractivity contribution is -0.172. The quantitative estimate of drug-likeness (QED) is 0.392. The number of esters is 2. The van der Waals surface area contributed by atoms with Crippen LogP contribution >= 0.6 is 40.5 Å². The number of carbonyl (C=O) groups is 3. The summed E-state index contributed by atoms with van der Waals surface area (Å²) in [6.07, 6.45) is 7.61. The zero-order valence-electron chi connectivity index (χ0n) is 19.5. The average Bonchev–Trinajstić information content (AvgIpc) is 3.20. The molecule has 0 unspecified atom stereocenters. The second kappa shape index (κ2) is 8.20. The molecule has 0 amide bonds. The summed E-state index contributed by atoms with van der Waals surface area (Å²) in [6, 6.07) is 0. The maximum Gasteiger partial charge on any atom is 0.309 e. The van der Waals surface area contributed by atoms with Gasteiger partial charge < -0.3 is 14.2 Å². The molecular formula is C24H36O6S3. The zero-order valence-corrected chi connectivity index (χ0v) is 22.5. The van der Waals surface area contributed by atoms with E-state index in [0.717, 1.165) is 37.7 Å². The lowest BCUT2D eigenvalue weighted by Gasteiger charge is -2.58. The smallest absolute Gasteiger partial charge is 0.309 e. The predicted octanol–water partition coefficient (Wildman–Crippen LogP) is 3.46. The first-order valence-corrected chi connectivity index (χ1v) is 11.4. The van der Waals surface area contributed by atoms with Crippen molar-refractivity contribution in [2.75, 3.05) is 7.11 Å². The van der Waals surface area contributed by atoms with Gasteiger partial charge in [-0.15, -0.1) is 0 Å². The van der Waals surface area contributed by atoms with Crippen molar-refractivity contribution < 1.29 is 28.6 Å². The van der Waals surface area contributed by atoms with E-state index in [0.29, 0.717) is 19.3 Å². The Kier molecular flexibility index (Phi) is 6.70. The van der Waals surface area contributed by atoms with Crippen molar-refractivity contribution in [3.63, 3.8) is 0 Å². The number of methoxy groups -OCH3 is 1. The van der Waals surface area contributed by atoms with Crippen LogP contribution in [-0.2, 0) is 28.6 Å². The number of hydrogen-bond acceptors (Lipinski definition) is 6. The Bertz CT molecular complexity index is 922. The molecule has 0 bridgehead atoms. The van der Waals surface area contributed by atoms with Crippen LogP contribution < -0.4 is 0 Å². The van der Waals surface area contributed by atoms with Gasteiger partial charge in [0.1, 0.15) is 11.2 Å². The van der Waals surface area contributed by atoms with Gasteiger partial charge in [0.25, 0.3) is 0 Å². The fourth-order valence-electron chi connectivity index (χ4n) is 8.69. The molecule has 4 aliphatic carbocycles. The Labute approximate surface area is 216 Å². The van der Waals surface area contributed by atoms with E-state index in [9.17, 15) is 14.4 Å². The number of carbonyl (C=O) groups excluding carboxylic acids is 3. The molecule has 2 saturated heterocycles. The van der Waals surface area contributed by atoms with Crippen molar-refractivity contribution in [1.29, 1.82) is 0 Å². The highest BCUT2D eigenvalue weighted by molar-refractivity contribution is 7.59. The number of rotatable bonds is 1. The molecular weight excluding hydrogens is 480 g/mol. The van der Waals surface area contributed by atoms with Crippen molar-refractivity contribution >= 4 is 58.2 Å². The molecule has 6 rings (SSSR count). The van der Waals surface area contributed by atoms with Gasteiger partial charge in [0, 0.05) is 29.6 Å². The normalized spacial score (nSPS) is 48.4. The van der Waals surface area contributed by atoms with Gasteiger partial charge in [0.15, 0.2) is 5.78 Å². The van der Waals surface area contributed by atoms with E-state index in [2.05, 4.69) is 13.8 Å². The molecule has 0 aromatic rings. The lowest BCUT2D eigenvalue weighted by Crippen LogP contribution is -2.63. The Hall–Kier alpha value is -0.640. The third kappa shape index (κ3) is 3.04. The molecule has 0 N–H and O–H groups in total. The minimum Gasteiger partial charge on any atom is -0.469 e. The minimum atomic E-state index is -0.424. The maximum atomic E-state index is 13.0. The Morgan fingerprint density at radius 3 is 2.45 bits per heavy atom. The van der Waals surface area contributed by atoms with Crippen LogP contribution in [0.3, 0.4) is 0 Å². The van der Waals surface area contributed by atoms with Gasteiger partial charge in [-0.3, -0.25) is 14.4 Å². The Morgan fingerprint density at radius 1 is 1.09 bits per heavy atom. The van der Waals surface area contributed by atoms with Crippen LogP contribution in [0.2, 0.25) is 0 Å². The highest BCUT2D eigenvalue weighted by atomic mass is 32.1. The third-order valence-electron chi connectivity index (χ3n) is 10.2. The highest BCUT2D eigenvalue weighted by Crippen LogP contribution is 2.78. The largest absolute Gasteiger partial charge is 0.469 e. The predicted molar refractivity (Wildman–Crippen MR) is 136 cm³/mol. The number of epoxide rings is 1. The van der Waals surface area contributed by atoms with E-state index in [4.69, 9.17) is 14.2 Å². The Balaban J connectivity index is 0.00000102. The molecule has 33 heavy (non-hydrogen) atoms. The van der Waals surface area contributed by atoms with Gasteiger partial charge in [-0.2, -0.15) is 40.5 Å². The zero-order chi connectivity index (χ0) is 21.1. The van der Waals surface area contributed by atoms with E-state index in [1.165, 1.54) is 7.11 Å². The lowest BCUT2D eigenvalue weighted by atomic mass is 9.43. The second-order valence-electron chi connectivity index (χ2n) is 11.0. The summed E-state index contributed by atoms with van der Waals surface area (Å²) in [4.78, 5) is 37.4. The molecule has 0 radical (unpaired) electrons. The number of fused-ring (bicyclic) bond motifs is 4. The molecule has 0 aromatic heterocycles. The fraction of sp³-hybridized carbons (Fsp3) is 0.792. The topological polar surface area (TPSA) is 82.2 Å². The number of ether oxygens (including phenoxy) is 3. The van der Waals surface area contributed by atoms with E-state index in [1.807, 2.05) is 0 Å². The molecule has 186 valence electrons. The second-order valence-corrected chi connectivity index (χ2v) is 11.0. The molecule has 6 nitrogen and oxygen atoms in total. The summed E-state index contributed by atoms with van der Waals surface area (Å²) in [5, 5.41) is 0. The molecule has 5 fully saturated rings. The molecule has 0 aromatic carbocycles. The van der Waals surface area contributed by atoms with Crippen LogP contribution in [0.25, 0.3) is 0 Å². The molecule has 9 heteroatoms. The van der Waals surface area contributed by atoms with Crippen molar-refractivity contribution in [2.24, 2.45) is 28.6 Å². The maximum absolute atomic E-state index is 13.0. The summed E-state index contributed by atoms with van der Waals surface area (Å²) in [7, 11) is 1.45. The summed E-state index contributed by atoms with van der Waals surface area (Å²) in [5.41, 5.74) is -0.175. The van der Waals surface area contributed by atoms with Crippen molar-refractivity contribution in [2.45, 2.75) is 82.5 Å². The van der Waals surface area contributed by atoms with Crippen LogP contribution in [0.5, 0.6) is 0 Å². The van der Waals surface area contributed by atoms with Crippen molar-refractivity contribution in [3.05, 3.63) is 11.6 Å². The Morgan fingerprint density at radius 2 is 1.82 bits per heavy atom. The highest BCUT2D eigenvalue weighted by Gasteiger charge is 2.83. The molecule has 6 aliphatic rings. The molecule has 2 aliphatic heterocycles. The van der Waals surface area contributed by atoms with Gasteiger partial charge in [0.2, 0.25) is 0 Å². The first-order chi connectivity index (χ1) is 14.2. The number of ketones is 1. The average molecular weight is 517 g/mol. The summed E-state index contributed by atoms with van der Waals surface area (Å²) in [6.45, 7) is 4.51. The standard InChI is InChI=1S/C24H30O6.3H2S/c1-21-7-4-14(25)10-13(21)11-15(20(27)28-3)19-16-5-8-23(9-6-18(26)30-23)22(16,2)12-17-24(19,21)29-17;;;/h10,15-17,19H,4-9,11-12H2,1-3H3;3*1H2/t15-,16+,17-,19+,21+,22+,23-,24-;;;/m1.../s1. The SMILES string of the molecule is COC(=O)[C@@H]1CC2=CC(=O)CC[C@]2(C)[C@@]23O[C@@H]2C[C@@]2(C)[C@@H](CC[C@@]24CCC(=O)O4)[C@H]13.S.S.S.